The van der Waals surface area contributed by atoms with Gasteiger partial charge in [-0.15, -0.1) is 0 Å². The van der Waals surface area contributed by atoms with Crippen LogP contribution in [-0.4, -0.2) is 98.3 Å². The van der Waals surface area contributed by atoms with Crippen molar-refractivity contribution in [3.8, 4) is 0 Å². The van der Waals surface area contributed by atoms with E-state index in [1.165, 1.54) is 15.8 Å². The maximum absolute atomic E-state index is 12.2. The van der Waals surface area contributed by atoms with E-state index >= 15 is 0 Å². The van der Waals surface area contributed by atoms with Crippen LogP contribution in [0.2, 0.25) is 5.28 Å². The molecule has 44 heavy (non-hydrogen) atoms. The number of carbonyl (C=O) groups is 1. The molecular weight excluding hydrogens is 621 g/mol. The highest BCUT2D eigenvalue weighted by Gasteiger charge is 2.49. The molecule has 1 unspecified atom stereocenters. The number of rotatable bonds is 10. The van der Waals surface area contributed by atoms with Gasteiger partial charge in [0.25, 0.3) is 0 Å². The Kier molecular flexibility index (Phi) is 8.58. The summed E-state index contributed by atoms with van der Waals surface area (Å²) in [6.45, 7) is 3.57. The third kappa shape index (κ3) is 6.03. The molecule has 17 heteroatoms. The number of hydrogen-bond donors (Lipinski definition) is 3. The first-order valence-electron chi connectivity index (χ1n) is 14.1. The van der Waals surface area contributed by atoms with Crippen LogP contribution in [0.3, 0.4) is 0 Å². The van der Waals surface area contributed by atoms with Crippen LogP contribution in [0.15, 0.2) is 30.5 Å². The fourth-order valence-corrected chi connectivity index (χ4v) is 6.80. The summed E-state index contributed by atoms with van der Waals surface area (Å²) in [6, 6.07) is 8.50. The summed E-state index contributed by atoms with van der Waals surface area (Å²) in [5.74, 6) is 0.620. The Hall–Kier alpha value is -2.88. The van der Waals surface area contributed by atoms with Gasteiger partial charge < -0.3 is 39.0 Å². The zero-order valence-electron chi connectivity index (χ0n) is 24.0. The van der Waals surface area contributed by atoms with Crippen LogP contribution in [0, 0.1) is 0 Å². The van der Waals surface area contributed by atoms with E-state index in [9.17, 15) is 24.5 Å². The highest BCUT2D eigenvalue weighted by Crippen LogP contribution is 2.48. The number of benzene rings is 1. The van der Waals surface area contributed by atoms with Crippen LogP contribution in [0.4, 0.5) is 10.6 Å². The maximum Gasteiger partial charge on any atom is 0.510 e. The van der Waals surface area contributed by atoms with Crippen LogP contribution in [-0.2, 0) is 39.9 Å². The Morgan fingerprint density at radius 2 is 2.00 bits per heavy atom. The van der Waals surface area contributed by atoms with Crippen molar-refractivity contribution in [2.75, 3.05) is 37.7 Å². The SMILES string of the molecule is CC(C)OC(=O)OCOP(=O)(O)COC[C@H]1O[C@@H](n2ncc3c(N4CC5(CCc6ccccc65)C4)nc(Cl)nc32)[C@H](O)[C@@H]1O. The molecule has 4 heterocycles. The Labute approximate surface area is 257 Å². The topological polar surface area (TPSA) is 188 Å². The molecule has 2 aromatic heterocycles. The zero-order chi connectivity index (χ0) is 31.2. The van der Waals surface area contributed by atoms with E-state index in [2.05, 4.69) is 49.0 Å². The quantitative estimate of drug-likeness (QED) is 0.125. The minimum absolute atomic E-state index is 0.00455. The number of fused-ring (bicyclic) bond motifs is 3. The van der Waals surface area contributed by atoms with Crippen molar-refractivity contribution in [3.63, 3.8) is 0 Å². The second-order valence-electron chi connectivity index (χ2n) is 11.4. The van der Waals surface area contributed by atoms with E-state index in [1.54, 1.807) is 20.0 Å². The van der Waals surface area contributed by atoms with Crippen molar-refractivity contribution in [2.24, 2.45) is 0 Å². The van der Waals surface area contributed by atoms with E-state index in [-0.39, 0.29) is 17.3 Å². The largest absolute Gasteiger partial charge is 0.510 e. The molecule has 0 saturated carbocycles. The van der Waals surface area contributed by atoms with E-state index in [0.29, 0.717) is 16.9 Å². The van der Waals surface area contributed by atoms with Crippen LogP contribution in [0.25, 0.3) is 11.0 Å². The van der Waals surface area contributed by atoms with E-state index in [1.807, 2.05) is 0 Å². The van der Waals surface area contributed by atoms with Crippen LogP contribution < -0.4 is 4.90 Å². The van der Waals surface area contributed by atoms with Gasteiger partial charge in [-0.05, 0) is 49.4 Å². The van der Waals surface area contributed by atoms with Crippen LogP contribution in [0.5, 0.6) is 0 Å². The highest BCUT2D eigenvalue weighted by atomic mass is 35.5. The fraction of sp³-hybridized carbons (Fsp3) is 0.556. The van der Waals surface area contributed by atoms with Gasteiger partial charge in [-0.3, -0.25) is 9.09 Å². The van der Waals surface area contributed by atoms with Gasteiger partial charge >= 0.3 is 13.8 Å². The average molecular weight is 654 g/mol. The third-order valence-corrected chi connectivity index (χ3v) is 9.22. The number of aromatic nitrogens is 4. The summed E-state index contributed by atoms with van der Waals surface area (Å²) in [7, 11) is -4.33. The number of hydrogen-bond acceptors (Lipinski definition) is 13. The van der Waals surface area contributed by atoms with Gasteiger partial charge in [-0.1, -0.05) is 24.3 Å². The third-order valence-electron chi connectivity index (χ3n) is 8.03. The zero-order valence-corrected chi connectivity index (χ0v) is 25.6. The summed E-state index contributed by atoms with van der Waals surface area (Å²) in [6.07, 6.45) is -3.69. The molecule has 5 atom stereocenters. The minimum Gasteiger partial charge on any atom is -0.432 e. The summed E-state index contributed by atoms with van der Waals surface area (Å²) < 4.78 is 38.6. The van der Waals surface area contributed by atoms with Gasteiger partial charge in [-0.2, -0.15) is 15.1 Å². The Balaban J connectivity index is 1.09. The Bertz CT molecular complexity index is 1580. The molecule has 2 saturated heterocycles. The second kappa shape index (κ2) is 12.1. The number of aryl methyl sites for hydroxylation is 1. The Morgan fingerprint density at radius 1 is 1.23 bits per heavy atom. The van der Waals surface area contributed by atoms with Gasteiger partial charge in [0.15, 0.2) is 11.9 Å². The summed E-state index contributed by atoms with van der Waals surface area (Å²) in [4.78, 5) is 32.3. The average Bonchev–Trinajstić information content (AvgIpc) is 3.61. The van der Waals surface area contributed by atoms with E-state index < -0.39 is 57.5 Å². The highest BCUT2D eigenvalue weighted by molar-refractivity contribution is 7.52. The van der Waals surface area contributed by atoms with Gasteiger partial charge in [0.1, 0.15) is 30.5 Å². The second-order valence-corrected chi connectivity index (χ2v) is 13.6. The summed E-state index contributed by atoms with van der Waals surface area (Å²) in [5.41, 5.74) is 3.13. The van der Waals surface area contributed by atoms with Gasteiger partial charge in [0.2, 0.25) is 12.1 Å². The number of aliphatic hydroxyl groups is 2. The summed E-state index contributed by atoms with van der Waals surface area (Å²) >= 11 is 6.34. The van der Waals surface area contributed by atoms with Gasteiger partial charge in [-0.25, -0.2) is 9.48 Å². The molecule has 3 aliphatic rings. The molecule has 1 aliphatic carbocycles. The van der Waals surface area contributed by atoms with E-state index in [0.717, 1.165) is 25.9 Å². The number of anilines is 1. The fourth-order valence-electron chi connectivity index (χ4n) is 6.01. The number of aliphatic hydroxyl groups excluding tert-OH is 2. The molecular formula is C27H33ClN5O10P. The monoisotopic (exact) mass is 653 g/mol. The standard InChI is InChI=1S/C27H33ClN5O10P/c1-15(2)42-26(36)40-13-41-44(37,38)14-39-10-19-20(34)21(35)24(43-19)33-23-17(9-29-33)22(30-25(28)31-23)32-11-27(12-32)8-7-16-5-3-4-6-18(16)27/h3-6,9,15,19-21,24,34-35H,7-8,10-14H2,1-2H3,(H,37,38)/t19-,20-,21-,24-/m1/s1. The minimum atomic E-state index is -4.33. The lowest BCUT2D eigenvalue weighted by Crippen LogP contribution is -2.58. The lowest BCUT2D eigenvalue weighted by atomic mass is 9.75. The van der Waals surface area contributed by atoms with Crippen molar-refractivity contribution >= 4 is 42.2 Å². The van der Waals surface area contributed by atoms with Crippen molar-refractivity contribution < 1.29 is 47.9 Å². The Morgan fingerprint density at radius 3 is 2.77 bits per heavy atom. The van der Waals surface area contributed by atoms with Gasteiger partial charge in [0, 0.05) is 18.5 Å². The number of nitrogens with zero attached hydrogens (tertiary/aromatic N) is 5. The first-order valence-corrected chi connectivity index (χ1v) is 16.2. The molecule has 0 bridgehead atoms. The lowest BCUT2D eigenvalue weighted by Gasteiger charge is -2.49. The molecule has 1 aromatic carbocycles. The molecule has 6 rings (SSSR count). The lowest BCUT2D eigenvalue weighted by molar-refractivity contribution is -0.0670. The molecule has 238 valence electrons. The van der Waals surface area contributed by atoms with Crippen molar-refractivity contribution in [1.82, 2.24) is 19.7 Å². The number of halogens is 1. The van der Waals surface area contributed by atoms with Crippen molar-refractivity contribution in [1.29, 1.82) is 0 Å². The normalized spacial score (nSPS) is 25.3. The van der Waals surface area contributed by atoms with E-state index in [4.69, 9.17) is 30.3 Å². The van der Waals surface area contributed by atoms with Gasteiger partial charge in [0.05, 0.1) is 24.3 Å². The first kappa shape index (κ1) is 31.1. The maximum atomic E-state index is 12.2. The molecule has 3 N–H and O–H groups in total. The van der Waals surface area contributed by atoms with Crippen molar-refractivity contribution in [3.05, 3.63) is 46.9 Å². The number of ether oxygens (including phenoxy) is 4. The molecule has 15 nitrogen and oxygen atoms in total. The molecule has 2 aliphatic heterocycles. The first-order chi connectivity index (χ1) is 21.0. The smallest absolute Gasteiger partial charge is 0.432 e. The molecule has 3 aromatic rings. The predicted molar refractivity (Wildman–Crippen MR) is 154 cm³/mol. The van der Waals surface area contributed by atoms with Crippen LogP contribution in [0.1, 0.15) is 37.6 Å². The van der Waals surface area contributed by atoms with Crippen molar-refractivity contribution in [2.45, 2.75) is 62.7 Å². The van der Waals surface area contributed by atoms with Crippen LogP contribution >= 0.6 is 19.2 Å². The molecule has 0 amide bonds. The number of carbonyl (C=O) groups excluding carboxylic acids is 1. The molecule has 2 fully saturated rings. The molecule has 0 radical (unpaired) electrons. The predicted octanol–water partition coefficient (Wildman–Crippen LogP) is 2.50. The summed E-state index contributed by atoms with van der Waals surface area (Å²) in [5, 5.41) is 26.5. The molecule has 1 spiro atoms.